The second-order valence-corrected chi connectivity index (χ2v) is 8.26. The molecule has 0 saturated carbocycles. The molecule has 2 N–H and O–H groups in total. The molecular weight excluding hydrogens is 270 g/mol. The van der Waals surface area contributed by atoms with Crippen molar-refractivity contribution in [2.24, 2.45) is 11.1 Å². The van der Waals surface area contributed by atoms with Crippen LogP contribution in [-0.2, 0) is 5.41 Å². The lowest BCUT2D eigenvalue weighted by Gasteiger charge is -2.42. The number of nitrogens with zero attached hydrogens (tertiary/aromatic N) is 2. The van der Waals surface area contributed by atoms with E-state index in [-0.39, 0.29) is 22.8 Å². The summed E-state index contributed by atoms with van der Waals surface area (Å²) in [4.78, 5) is 19.0. The van der Waals surface area contributed by atoms with E-state index in [2.05, 4.69) is 39.6 Å². The molecular formula is C15H25N3OS. The molecule has 0 aliphatic carbocycles. The standard InChI is InChI=1S/C15H25N3OS/c1-14(2,3)13-17-10(8-20-13)12(19)18-7-6-11(16)15(4,5)9-18/h8,11H,6-7,9,16H2,1-5H3. The smallest absolute Gasteiger partial charge is 0.273 e. The van der Waals surface area contributed by atoms with Gasteiger partial charge < -0.3 is 10.6 Å². The summed E-state index contributed by atoms with van der Waals surface area (Å²) in [7, 11) is 0. The van der Waals surface area contributed by atoms with Crippen LogP contribution >= 0.6 is 11.3 Å². The quantitative estimate of drug-likeness (QED) is 0.866. The Hall–Kier alpha value is -0.940. The summed E-state index contributed by atoms with van der Waals surface area (Å²) in [5.41, 5.74) is 6.66. The van der Waals surface area contributed by atoms with Gasteiger partial charge in [0, 0.05) is 29.9 Å². The first-order chi connectivity index (χ1) is 9.11. The number of carbonyl (C=O) groups excluding carboxylic acids is 1. The first-order valence-electron chi connectivity index (χ1n) is 7.12. The van der Waals surface area contributed by atoms with Crippen molar-refractivity contribution in [3.8, 4) is 0 Å². The SMILES string of the molecule is CC(C)(C)c1nc(C(=O)N2CCC(N)C(C)(C)C2)cs1. The highest BCUT2D eigenvalue weighted by Gasteiger charge is 2.36. The van der Waals surface area contributed by atoms with Crippen LogP contribution < -0.4 is 5.73 Å². The topological polar surface area (TPSA) is 59.2 Å². The molecule has 0 radical (unpaired) electrons. The average Bonchev–Trinajstić information content (AvgIpc) is 2.80. The van der Waals surface area contributed by atoms with Crippen LogP contribution in [0.1, 0.15) is 56.5 Å². The molecule has 2 heterocycles. The molecule has 0 bridgehead atoms. The molecule has 112 valence electrons. The van der Waals surface area contributed by atoms with Gasteiger partial charge in [-0.1, -0.05) is 34.6 Å². The number of piperidine rings is 1. The maximum Gasteiger partial charge on any atom is 0.273 e. The number of hydrogen-bond donors (Lipinski definition) is 1. The van der Waals surface area contributed by atoms with Gasteiger partial charge in [0.1, 0.15) is 5.69 Å². The molecule has 2 rings (SSSR count). The summed E-state index contributed by atoms with van der Waals surface area (Å²) < 4.78 is 0. The van der Waals surface area contributed by atoms with Gasteiger partial charge in [-0.3, -0.25) is 4.79 Å². The molecule has 1 unspecified atom stereocenters. The fourth-order valence-corrected chi connectivity index (χ4v) is 3.31. The second kappa shape index (κ2) is 5.11. The Labute approximate surface area is 125 Å². The molecule has 1 amide bonds. The number of thiazole rings is 1. The van der Waals surface area contributed by atoms with Crippen LogP contribution in [0.2, 0.25) is 0 Å². The Morgan fingerprint density at radius 3 is 2.65 bits per heavy atom. The summed E-state index contributed by atoms with van der Waals surface area (Å²) >= 11 is 1.57. The lowest BCUT2D eigenvalue weighted by molar-refractivity contribution is 0.0528. The minimum atomic E-state index is -0.0310. The van der Waals surface area contributed by atoms with Crippen LogP contribution in [0.25, 0.3) is 0 Å². The summed E-state index contributed by atoms with van der Waals surface area (Å²) in [5, 5.41) is 2.89. The van der Waals surface area contributed by atoms with Crippen molar-refractivity contribution in [2.45, 2.75) is 52.5 Å². The molecule has 1 aromatic rings. The lowest BCUT2D eigenvalue weighted by atomic mass is 9.79. The van der Waals surface area contributed by atoms with Gasteiger partial charge in [0.05, 0.1) is 5.01 Å². The van der Waals surface area contributed by atoms with Gasteiger partial charge in [-0.25, -0.2) is 4.98 Å². The normalized spacial score (nSPS) is 22.9. The number of aromatic nitrogens is 1. The fraction of sp³-hybridized carbons (Fsp3) is 0.733. The molecule has 0 aromatic carbocycles. The van der Waals surface area contributed by atoms with Gasteiger partial charge >= 0.3 is 0 Å². The minimum Gasteiger partial charge on any atom is -0.337 e. The Morgan fingerprint density at radius 2 is 2.15 bits per heavy atom. The van der Waals surface area contributed by atoms with Crippen LogP contribution in [0.4, 0.5) is 0 Å². The van der Waals surface area contributed by atoms with Crippen LogP contribution in [0.15, 0.2) is 5.38 Å². The third kappa shape index (κ3) is 3.04. The predicted molar refractivity (Wildman–Crippen MR) is 83.1 cm³/mol. The molecule has 5 heteroatoms. The van der Waals surface area contributed by atoms with E-state index in [1.165, 1.54) is 0 Å². The number of carbonyl (C=O) groups is 1. The monoisotopic (exact) mass is 295 g/mol. The summed E-state index contributed by atoms with van der Waals surface area (Å²) in [6, 6.07) is 0.159. The minimum absolute atomic E-state index is 0.00722. The van der Waals surface area contributed by atoms with Crippen LogP contribution in [-0.4, -0.2) is 34.9 Å². The van der Waals surface area contributed by atoms with Crippen molar-refractivity contribution >= 4 is 17.2 Å². The van der Waals surface area contributed by atoms with Crippen molar-refractivity contribution in [1.82, 2.24) is 9.88 Å². The number of likely N-dealkylation sites (tertiary alicyclic amines) is 1. The molecule has 1 aliphatic rings. The van der Waals surface area contributed by atoms with E-state index in [9.17, 15) is 4.79 Å². The highest BCUT2D eigenvalue weighted by molar-refractivity contribution is 7.10. The van der Waals surface area contributed by atoms with Gasteiger partial charge in [-0.2, -0.15) is 0 Å². The maximum atomic E-state index is 12.6. The van der Waals surface area contributed by atoms with Crippen LogP contribution in [0.5, 0.6) is 0 Å². The average molecular weight is 295 g/mol. The predicted octanol–water partition coefficient (Wildman–Crippen LogP) is 2.64. The Morgan fingerprint density at radius 1 is 1.50 bits per heavy atom. The Bertz CT molecular complexity index is 501. The Balaban J connectivity index is 2.14. The Kier molecular flexibility index (Phi) is 3.95. The highest BCUT2D eigenvalue weighted by atomic mass is 32.1. The zero-order valence-electron chi connectivity index (χ0n) is 13.1. The van der Waals surface area contributed by atoms with Crippen molar-refractivity contribution in [1.29, 1.82) is 0 Å². The van der Waals surface area contributed by atoms with E-state index in [1.807, 2.05) is 10.3 Å². The van der Waals surface area contributed by atoms with E-state index in [0.29, 0.717) is 12.2 Å². The number of amides is 1. The third-order valence-corrected chi connectivity index (χ3v) is 5.23. The van der Waals surface area contributed by atoms with Crippen molar-refractivity contribution in [3.63, 3.8) is 0 Å². The van der Waals surface area contributed by atoms with E-state index < -0.39 is 0 Å². The lowest BCUT2D eigenvalue weighted by Crippen LogP contribution is -2.54. The van der Waals surface area contributed by atoms with E-state index in [4.69, 9.17) is 5.73 Å². The van der Waals surface area contributed by atoms with E-state index in [0.717, 1.165) is 18.0 Å². The van der Waals surface area contributed by atoms with Crippen LogP contribution in [0, 0.1) is 5.41 Å². The van der Waals surface area contributed by atoms with E-state index in [1.54, 1.807) is 11.3 Å². The maximum absolute atomic E-state index is 12.6. The highest BCUT2D eigenvalue weighted by Crippen LogP contribution is 2.30. The van der Waals surface area contributed by atoms with Crippen molar-refractivity contribution in [3.05, 3.63) is 16.1 Å². The zero-order chi connectivity index (χ0) is 15.1. The zero-order valence-corrected chi connectivity index (χ0v) is 13.9. The molecule has 1 aromatic heterocycles. The van der Waals surface area contributed by atoms with Gasteiger partial charge in [0.25, 0.3) is 5.91 Å². The van der Waals surface area contributed by atoms with Gasteiger partial charge in [-0.05, 0) is 11.8 Å². The van der Waals surface area contributed by atoms with Crippen molar-refractivity contribution in [2.75, 3.05) is 13.1 Å². The van der Waals surface area contributed by atoms with Gasteiger partial charge in [0.15, 0.2) is 0 Å². The number of rotatable bonds is 1. The molecule has 20 heavy (non-hydrogen) atoms. The van der Waals surface area contributed by atoms with Crippen molar-refractivity contribution < 1.29 is 4.79 Å². The number of nitrogens with two attached hydrogens (primary N) is 1. The van der Waals surface area contributed by atoms with Gasteiger partial charge in [-0.15, -0.1) is 11.3 Å². The molecule has 1 fully saturated rings. The number of hydrogen-bond acceptors (Lipinski definition) is 4. The summed E-state index contributed by atoms with van der Waals surface area (Å²) in [5.74, 6) is 0.0386. The molecule has 0 spiro atoms. The first-order valence-corrected chi connectivity index (χ1v) is 8.00. The van der Waals surface area contributed by atoms with Crippen LogP contribution in [0.3, 0.4) is 0 Å². The summed E-state index contributed by atoms with van der Waals surface area (Å²) in [6.45, 7) is 12.0. The van der Waals surface area contributed by atoms with E-state index >= 15 is 0 Å². The molecule has 1 atom stereocenters. The molecule has 1 aliphatic heterocycles. The second-order valence-electron chi connectivity index (χ2n) is 7.40. The molecule has 1 saturated heterocycles. The summed E-state index contributed by atoms with van der Waals surface area (Å²) in [6.07, 6.45) is 0.856. The molecule has 4 nitrogen and oxygen atoms in total. The fourth-order valence-electron chi connectivity index (χ4n) is 2.43. The first kappa shape index (κ1) is 15.4. The third-order valence-electron chi connectivity index (χ3n) is 3.96. The van der Waals surface area contributed by atoms with Gasteiger partial charge in [0.2, 0.25) is 0 Å². The largest absolute Gasteiger partial charge is 0.337 e.